The molecular formula is C16H24O8. The second-order valence-corrected chi connectivity index (χ2v) is 5.22. The van der Waals surface area contributed by atoms with Gasteiger partial charge in [-0.3, -0.25) is 9.59 Å². The number of rotatable bonds is 10. The molecule has 2 N–H and O–H groups in total. The van der Waals surface area contributed by atoms with Gasteiger partial charge in [-0.1, -0.05) is 13.8 Å². The Morgan fingerprint density at radius 3 is 1.25 bits per heavy atom. The van der Waals surface area contributed by atoms with Crippen LogP contribution < -0.4 is 0 Å². The largest absolute Gasteiger partial charge is 0.478 e. The third kappa shape index (κ3) is 6.02. The fourth-order valence-electron chi connectivity index (χ4n) is 1.96. The van der Waals surface area contributed by atoms with E-state index in [2.05, 4.69) is 0 Å². The van der Waals surface area contributed by atoms with Crippen molar-refractivity contribution >= 4 is 23.9 Å². The molecule has 0 spiro atoms. The van der Waals surface area contributed by atoms with Gasteiger partial charge in [-0.25, -0.2) is 9.59 Å². The van der Waals surface area contributed by atoms with Crippen LogP contribution >= 0.6 is 0 Å². The normalized spacial score (nSPS) is 14.2. The number of esters is 2. The van der Waals surface area contributed by atoms with Gasteiger partial charge in [0, 0.05) is 0 Å². The lowest BCUT2D eigenvalue weighted by molar-refractivity contribution is -0.150. The lowest BCUT2D eigenvalue weighted by Crippen LogP contribution is -2.30. The summed E-state index contributed by atoms with van der Waals surface area (Å²) in [7, 11) is 0. The van der Waals surface area contributed by atoms with Gasteiger partial charge in [-0.15, -0.1) is 0 Å². The smallest absolute Gasteiger partial charge is 0.333 e. The van der Waals surface area contributed by atoms with Crippen LogP contribution in [0.25, 0.3) is 0 Å². The fourth-order valence-corrected chi connectivity index (χ4v) is 1.96. The Kier molecular flexibility index (Phi) is 9.37. The van der Waals surface area contributed by atoms with E-state index in [0.717, 1.165) is 0 Å². The summed E-state index contributed by atoms with van der Waals surface area (Å²) in [6.45, 7) is 6.17. The molecule has 0 heterocycles. The zero-order chi connectivity index (χ0) is 18.9. The van der Waals surface area contributed by atoms with Crippen molar-refractivity contribution in [3.8, 4) is 0 Å². The van der Waals surface area contributed by atoms with E-state index in [1.54, 1.807) is 13.8 Å². The van der Waals surface area contributed by atoms with E-state index in [-0.39, 0.29) is 13.2 Å². The molecule has 0 aliphatic rings. The number of hydrogen-bond donors (Lipinski definition) is 2. The Bertz CT molecular complexity index is 474. The number of carboxylic acid groups (broad SMARTS) is 2. The number of aliphatic carboxylic acids is 2. The highest BCUT2D eigenvalue weighted by atomic mass is 16.5. The molecule has 0 radical (unpaired) electrons. The van der Waals surface area contributed by atoms with Crippen molar-refractivity contribution in [1.82, 2.24) is 0 Å². The van der Waals surface area contributed by atoms with Crippen LogP contribution in [0, 0.1) is 11.8 Å². The van der Waals surface area contributed by atoms with E-state index >= 15 is 0 Å². The number of carbonyl (C=O) groups excluding carboxylic acids is 2. The quantitative estimate of drug-likeness (QED) is 0.452. The Labute approximate surface area is 140 Å². The summed E-state index contributed by atoms with van der Waals surface area (Å²) in [6, 6.07) is 0. The molecule has 0 amide bonds. The van der Waals surface area contributed by atoms with Crippen molar-refractivity contribution in [2.45, 2.75) is 40.5 Å². The average molecular weight is 344 g/mol. The lowest BCUT2D eigenvalue weighted by atomic mass is 9.88. The van der Waals surface area contributed by atoms with Gasteiger partial charge in [-0.05, 0) is 26.7 Å². The minimum Gasteiger partial charge on any atom is -0.478 e. The highest BCUT2D eigenvalue weighted by Crippen LogP contribution is 2.25. The minimum atomic E-state index is -1.59. The Hall–Kier alpha value is -2.38. The molecule has 0 saturated heterocycles. The van der Waals surface area contributed by atoms with E-state index in [1.165, 1.54) is 13.8 Å². The molecule has 8 heteroatoms. The maximum absolute atomic E-state index is 11.9. The van der Waals surface area contributed by atoms with Crippen LogP contribution in [0.5, 0.6) is 0 Å². The predicted molar refractivity (Wildman–Crippen MR) is 83.1 cm³/mol. The Balaban J connectivity index is 5.82. The SMILES string of the molecule is CCCOC(=O)C(C)/C(C(=O)O)=C(\C(=O)O)C(C)C(=O)OCCC. The van der Waals surface area contributed by atoms with E-state index in [9.17, 15) is 29.4 Å². The van der Waals surface area contributed by atoms with Crippen molar-refractivity contribution < 1.29 is 38.9 Å². The van der Waals surface area contributed by atoms with Gasteiger partial charge in [0.05, 0.1) is 36.2 Å². The van der Waals surface area contributed by atoms with Crippen LogP contribution in [0.1, 0.15) is 40.5 Å². The van der Waals surface area contributed by atoms with Crippen LogP contribution in [0.3, 0.4) is 0 Å². The van der Waals surface area contributed by atoms with Crippen molar-refractivity contribution in [3.05, 3.63) is 11.1 Å². The summed E-state index contributed by atoms with van der Waals surface area (Å²) in [5, 5.41) is 18.7. The molecule has 0 aromatic heterocycles. The molecular weight excluding hydrogens is 320 g/mol. The number of ether oxygens (including phenoxy) is 2. The molecule has 0 saturated carbocycles. The summed E-state index contributed by atoms with van der Waals surface area (Å²) in [4.78, 5) is 46.9. The molecule has 0 aliphatic heterocycles. The third-order valence-electron chi connectivity index (χ3n) is 3.22. The van der Waals surface area contributed by atoms with Crippen molar-refractivity contribution in [2.75, 3.05) is 13.2 Å². The highest BCUT2D eigenvalue weighted by molar-refractivity contribution is 6.05. The molecule has 0 rings (SSSR count). The number of carbonyl (C=O) groups is 4. The van der Waals surface area contributed by atoms with Crippen LogP contribution in [-0.2, 0) is 28.7 Å². The maximum atomic E-state index is 11.9. The summed E-state index contributed by atoms with van der Waals surface area (Å²) in [6.07, 6.45) is 1.08. The first-order chi connectivity index (χ1) is 11.2. The molecule has 8 nitrogen and oxygen atoms in total. The molecule has 2 atom stereocenters. The van der Waals surface area contributed by atoms with Crippen LogP contribution in [0.2, 0.25) is 0 Å². The zero-order valence-corrected chi connectivity index (χ0v) is 14.3. The monoisotopic (exact) mass is 344 g/mol. The predicted octanol–water partition coefficient (Wildman–Crippen LogP) is 1.63. The van der Waals surface area contributed by atoms with Gasteiger partial charge in [-0.2, -0.15) is 0 Å². The summed E-state index contributed by atoms with van der Waals surface area (Å²) in [5.41, 5.74) is -1.35. The molecule has 2 unspecified atom stereocenters. The molecule has 136 valence electrons. The first-order valence-corrected chi connectivity index (χ1v) is 7.72. The van der Waals surface area contributed by atoms with Crippen LogP contribution in [0.15, 0.2) is 11.1 Å². The first kappa shape index (κ1) is 21.6. The van der Waals surface area contributed by atoms with Gasteiger partial charge >= 0.3 is 23.9 Å². The van der Waals surface area contributed by atoms with Gasteiger partial charge in [0.25, 0.3) is 0 Å². The van der Waals surface area contributed by atoms with Crippen molar-refractivity contribution in [2.24, 2.45) is 11.8 Å². The average Bonchev–Trinajstić information content (AvgIpc) is 2.52. The molecule has 0 aromatic rings. The molecule has 0 fully saturated rings. The van der Waals surface area contributed by atoms with Gasteiger partial charge in [0.1, 0.15) is 0 Å². The van der Waals surface area contributed by atoms with Gasteiger partial charge in [0.15, 0.2) is 0 Å². The Morgan fingerprint density at radius 2 is 1.04 bits per heavy atom. The first-order valence-electron chi connectivity index (χ1n) is 7.72. The molecule has 0 aliphatic carbocycles. The lowest BCUT2D eigenvalue weighted by Gasteiger charge is -2.18. The summed E-state index contributed by atoms with van der Waals surface area (Å²) >= 11 is 0. The van der Waals surface area contributed by atoms with E-state index < -0.39 is 46.9 Å². The van der Waals surface area contributed by atoms with Crippen LogP contribution in [0.4, 0.5) is 0 Å². The highest BCUT2D eigenvalue weighted by Gasteiger charge is 2.36. The summed E-state index contributed by atoms with van der Waals surface area (Å²) < 4.78 is 9.75. The molecule has 0 bridgehead atoms. The third-order valence-corrected chi connectivity index (χ3v) is 3.22. The standard InChI is InChI=1S/C16H24O8/c1-5-7-23-15(21)9(3)11(13(17)18)12(14(19)20)10(4)16(22)24-8-6-2/h9-10H,5-8H2,1-4H3,(H,17,18)(H,19,20)/b12-11+. The number of hydrogen-bond acceptors (Lipinski definition) is 6. The van der Waals surface area contributed by atoms with Crippen molar-refractivity contribution in [1.29, 1.82) is 0 Å². The second-order valence-electron chi connectivity index (χ2n) is 5.22. The number of carboxylic acids is 2. The van der Waals surface area contributed by atoms with Crippen molar-refractivity contribution in [3.63, 3.8) is 0 Å². The minimum absolute atomic E-state index is 0.0899. The van der Waals surface area contributed by atoms with Gasteiger partial charge < -0.3 is 19.7 Å². The zero-order valence-electron chi connectivity index (χ0n) is 14.3. The topological polar surface area (TPSA) is 127 Å². The van der Waals surface area contributed by atoms with Crippen LogP contribution in [-0.4, -0.2) is 47.3 Å². The van der Waals surface area contributed by atoms with Gasteiger partial charge in [0.2, 0.25) is 0 Å². The maximum Gasteiger partial charge on any atom is 0.333 e. The molecule has 24 heavy (non-hydrogen) atoms. The summed E-state index contributed by atoms with van der Waals surface area (Å²) in [5.74, 6) is -7.57. The fraction of sp³-hybridized carbons (Fsp3) is 0.625. The van der Waals surface area contributed by atoms with E-state index in [0.29, 0.717) is 12.8 Å². The Morgan fingerprint density at radius 1 is 0.750 bits per heavy atom. The van der Waals surface area contributed by atoms with E-state index in [4.69, 9.17) is 9.47 Å². The van der Waals surface area contributed by atoms with E-state index in [1.807, 2.05) is 0 Å². The second kappa shape index (κ2) is 10.4. The molecule has 0 aromatic carbocycles.